The van der Waals surface area contributed by atoms with Gasteiger partial charge in [0.05, 0.1) is 17.9 Å². The number of anilines is 2. The molecular weight excluding hydrogens is 384 g/mol. The minimum atomic E-state index is -0.993. The summed E-state index contributed by atoms with van der Waals surface area (Å²) in [6, 6.07) is 13.8. The Balaban J connectivity index is 1.61. The van der Waals surface area contributed by atoms with E-state index in [1.807, 2.05) is 25.1 Å². The molecule has 2 aromatic carbocycles. The van der Waals surface area contributed by atoms with E-state index in [0.717, 1.165) is 6.42 Å². The summed E-state index contributed by atoms with van der Waals surface area (Å²) in [5.74, 6) is -0.190. The van der Waals surface area contributed by atoms with Crippen LogP contribution in [0.3, 0.4) is 0 Å². The molecule has 0 saturated heterocycles. The number of hydrogen-bond acceptors (Lipinski definition) is 5. The highest BCUT2D eigenvalue weighted by Crippen LogP contribution is 2.37. The minimum absolute atomic E-state index is 0.121. The molecule has 0 saturated carbocycles. The van der Waals surface area contributed by atoms with Crippen molar-refractivity contribution in [2.45, 2.75) is 39.2 Å². The van der Waals surface area contributed by atoms with Crippen molar-refractivity contribution in [1.82, 2.24) is 0 Å². The molecule has 2 aromatic rings. The molecule has 0 bridgehead atoms. The van der Waals surface area contributed by atoms with Gasteiger partial charge >= 0.3 is 5.97 Å². The molecule has 0 fully saturated rings. The molecule has 0 atom stereocenters. The van der Waals surface area contributed by atoms with Gasteiger partial charge in [-0.3, -0.25) is 9.59 Å². The van der Waals surface area contributed by atoms with Gasteiger partial charge in [0.1, 0.15) is 5.75 Å². The van der Waals surface area contributed by atoms with Gasteiger partial charge in [0.15, 0.2) is 5.60 Å². The highest BCUT2D eigenvalue weighted by molar-refractivity contribution is 6.03. The zero-order valence-corrected chi connectivity index (χ0v) is 17.4. The number of para-hydroxylation sites is 2. The first-order valence-corrected chi connectivity index (χ1v) is 9.99. The Labute approximate surface area is 176 Å². The molecule has 30 heavy (non-hydrogen) atoms. The predicted octanol–water partition coefficient (Wildman–Crippen LogP) is 3.79. The van der Waals surface area contributed by atoms with E-state index in [2.05, 4.69) is 5.32 Å². The fourth-order valence-electron chi connectivity index (χ4n) is 3.15. The molecule has 3 rings (SSSR count). The number of hydrogen-bond donors (Lipinski definition) is 1. The Morgan fingerprint density at radius 1 is 1.10 bits per heavy atom. The van der Waals surface area contributed by atoms with E-state index in [-0.39, 0.29) is 30.7 Å². The molecule has 0 aliphatic carbocycles. The fraction of sp³-hybridized carbons (Fsp3) is 0.348. The van der Waals surface area contributed by atoms with Crippen molar-refractivity contribution in [2.24, 2.45) is 0 Å². The summed E-state index contributed by atoms with van der Waals surface area (Å²) in [6.45, 7) is 5.96. The first kappa shape index (κ1) is 21.4. The van der Waals surface area contributed by atoms with Gasteiger partial charge in [-0.1, -0.05) is 19.1 Å². The van der Waals surface area contributed by atoms with Gasteiger partial charge in [0.2, 0.25) is 5.91 Å². The Morgan fingerprint density at radius 3 is 2.50 bits per heavy atom. The number of carbonyl (C=O) groups is 3. The zero-order valence-electron chi connectivity index (χ0n) is 17.4. The third kappa shape index (κ3) is 4.79. The predicted molar refractivity (Wildman–Crippen MR) is 114 cm³/mol. The van der Waals surface area contributed by atoms with Crippen LogP contribution in [-0.4, -0.2) is 36.5 Å². The number of benzene rings is 2. The monoisotopic (exact) mass is 410 g/mol. The molecule has 158 valence electrons. The second-order valence-electron chi connectivity index (χ2n) is 7.55. The van der Waals surface area contributed by atoms with Crippen LogP contribution in [0.5, 0.6) is 5.75 Å². The number of esters is 1. The molecule has 0 spiro atoms. The Morgan fingerprint density at radius 2 is 1.80 bits per heavy atom. The molecule has 0 unspecified atom stereocenters. The lowest BCUT2D eigenvalue weighted by atomic mass is 10.0. The van der Waals surface area contributed by atoms with Crippen LogP contribution in [0, 0.1) is 0 Å². The molecule has 1 N–H and O–H groups in total. The van der Waals surface area contributed by atoms with E-state index in [9.17, 15) is 14.4 Å². The number of rotatable bonds is 7. The summed E-state index contributed by atoms with van der Waals surface area (Å²) < 4.78 is 10.9. The highest BCUT2D eigenvalue weighted by atomic mass is 16.5. The van der Waals surface area contributed by atoms with Crippen molar-refractivity contribution in [3.63, 3.8) is 0 Å². The number of amides is 2. The van der Waals surface area contributed by atoms with Crippen LogP contribution in [0.1, 0.15) is 44.0 Å². The molecule has 0 radical (unpaired) electrons. The van der Waals surface area contributed by atoms with Crippen molar-refractivity contribution in [2.75, 3.05) is 23.4 Å². The van der Waals surface area contributed by atoms with Gasteiger partial charge in [0.25, 0.3) is 5.91 Å². The van der Waals surface area contributed by atoms with Crippen LogP contribution in [0.2, 0.25) is 0 Å². The van der Waals surface area contributed by atoms with E-state index in [1.165, 1.54) is 0 Å². The number of nitrogens with zero attached hydrogens (tertiary/aromatic N) is 1. The Kier molecular flexibility index (Phi) is 6.40. The third-order valence-electron chi connectivity index (χ3n) is 4.69. The van der Waals surface area contributed by atoms with E-state index in [1.54, 1.807) is 49.1 Å². The largest absolute Gasteiger partial charge is 0.476 e. The van der Waals surface area contributed by atoms with Crippen LogP contribution >= 0.6 is 0 Å². The molecule has 1 aliphatic heterocycles. The maximum absolute atomic E-state index is 12.8. The van der Waals surface area contributed by atoms with Crippen molar-refractivity contribution >= 4 is 29.2 Å². The van der Waals surface area contributed by atoms with E-state index in [0.29, 0.717) is 29.3 Å². The van der Waals surface area contributed by atoms with Crippen molar-refractivity contribution in [3.05, 3.63) is 54.1 Å². The van der Waals surface area contributed by atoms with Gasteiger partial charge in [-0.2, -0.15) is 0 Å². The normalized spacial score (nSPS) is 14.5. The summed E-state index contributed by atoms with van der Waals surface area (Å²) >= 11 is 0. The lowest BCUT2D eigenvalue weighted by Crippen LogP contribution is -2.53. The van der Waals surface area contributed by atoms with Crippen LogP contribution in [-0.2, 0) is 14.3 Å². The maximum Gasteiger partial charge on any atom is 0.338 e. The number of ether oxygens (including phenoxy) is 2. The van der Waals surface area contributed by atoms with E-state index < -0.39 is 5.60 Å². The number of fused-ring (bicyclic) bond motifs is 1. The van der Waals surface area contributed by atoms with Crippen molar-refractivity contribution in [3.8, 4) is 5.75 Å². The van der Waals surface area contributed by atoms with Gasteiger partial charge in [-0.15, -0.1) is 0 Å². The van der Waals surface area contributed by atoms with Gasteiger partial charge in [0, 0.05) is 18.7 Å². The smallest absolute Gasteiger partial charge is 0.338 e. The Bertz CT molecular complexity index is 937. The summed E-state index contributed by atoms with van der Waals surface area (Å²) in [5, 5.41) is 2.79. The average molecular weight is 410 g/mol. The Hall–Kier alpha value is -3.35. The minimum Gasteiger partial charge on any atom is -0.476 e. The standard InChI is InChI=1S/C23H26N2O5/c1-4-15-29-21(27)16-9-11-17(12-10-16)24-20(26)13-14-25-18-7-5-6-8-19(18)30-23(2,3)22(25)28/h5-12H,4,13-15H2,1-3H3,(H,24,26). The molecule has 0 aromatic heterocycles. The molecule has 7 heteroatoms. The van der Waals surface area contributed by atoms with E-state index >= 15 is 0 Å². The first-order valence-electron chi connectivity index (χ1n) is 9.99. The molecule has 2 amide bonds. The molecule has 1 aliphatic rings. The molecule has 1 heterocycles. The van der Waals surface area contributed by atoms with Crippen molar-refractivity contribution < 1.29 is 23.9 Å². The SMILES string of the molecule is CCCOC(=O)c1ccc(NC(=O)CCN2C(=O)C(C)(C)Oc3ccccc32)cc1. The third-order valence-corrected chi connectivity index (χ3v) is 4.69. The van der Waals surface area contributed by atoms with Crippen LogP contribution in [0.25, 0.3) is 0 Å². The van der Waals surface area contributed by atoms with Crippen molar-refractivity contribution in [1.29, 1.82) is 0 Å². The quantitative estimate of drug-likeness (QED) is 0.702. The van der Waals surface area contributed by atoms with Crippen LogP contribution in [0.15, 0.2) is 48.5 Å². The summed E-state index contributed by atoms with van der Waals surface area (Å²) in [7, 11) is 0. The summed E-state index contributed by atoms with van der Waals surface area (Å²) in [4.78, 5) is 38.6. The summed E-state index contributed by atoms with van der Waals surface area (Å²) in [5.41, 5.74) is 0.664. The van der Waals surface area contributed by atoms with Crippen LogP contribution < -0.4 is 15.0 Å². The number of nitrogens with one attached hydrogen (secondary N) is 1. The first-order chi connectivity index (χ1) is 14.3. The van der Waals surface area contributed by atoms with Gasteiger partial charge < -0.3 is 19.7 Å². The lowest BCUT2D eigenvalue weighted by Gasteiger charge is -2.38. The van der Waals surface area contributed by atoms with Gasteiger partial charge in [-0.05, 0) is 56.7 Å². The topological polar surface area (TPSA) is 84.9 Å². The summed E-state index contributed by atoms with van der Waals surface area (Å²) in [6.07, 6.45) is 0.879. The second kappa shape index (κ2) is 8.98. The maximum atomic E-state index is 12.8. The fourth-order valence-corrected chi connectivity index (χ4v) is 3.15. The van der Waals surface area contributed by atoms with Gasteiger partial charge in [-0.25, -0.2) is 4.79 Å². The lowest BCUT2D eigenvalue weighted by molar-refractivity contribution is -0.132. The molecule has 7 nitrogen and oxygen atoms in total. The zero-order chi connectivity index (χ0) is 21.7. The van der Waals surface area contributed by atoms with Crippen LogP contribution in [0.4, 0.5) is 11.4 Å². The molecular formula is C23H26N2O5. The van der Waals surface area contributed by atoms with E-state index in [4.69, 9.17) is 9.47 Å². The average Bonchev–Trinajstić information content (AvgIpc) is 2.72. The highest BCUT2D eigenvalue weighted by Gasteiger charge is 2.40. The second-order valence-corrected chi connectivity index (χ2v) is 7.55. The number of carbonyl (C=O) groups excluding carboxylic acids is 3.